The minimum atomic E-state index is -0.334. The SMILES string of the molecule is O=NCc1ccc(F)c(Br)c1. The van der Waals surface area contributed by atoms with E-state index in [1.165, 1.54) is 18.2 Å². The second-order valence-corrected chi connectivity index (χ2v) is 2.89. The van der Waals surface area contributed by atoms with E-state index >= 15 is 0 Å². The van der Waals surface area contributed by atoms with E-state index in [1.807, 2.05) is 0 Å². The maximum Gasteiger partial charge on any atom is 0.137 e. The highest BCUT2D eigenvalue weighted by Gasteiger charge is 1.99. The number of hydrogen-bond acceptors (Lipinski definition) is 2. The van der Waals surface area contributed by atoms with Crippen molar-refractivity contribution in [1.82, 2.24) is 0 Å². The van der Waals surface area contributed by atoms with Crippen molar-refractivity contribution in [3.8, 4) is 0 Å². The highest BCUT2D eigenvalue weighted by Crippen LogP contribution is 2.16. The molecule has 0 heterocycles. The van der Waals surface area contributed by atoms with Crippen molar-refractivity contribution in [3.63, 3.8) is 0 Å². The third-order valence-electron chi connectivity index (χ3n) is 1.23. The Morgan fingerprint density at radius 1 is 1.55 bits per heavy atom. The maximum atomic E-state index is 12.6. The maximum absolute atomic E-state index is 12.6. The molecule has 58 valence electrons. The van der Waals surface area contributed by atoms with Gasteiger partial charge in [0.25, 0.3) is 0 Å². The van der Waals surface area contributed by atoms with Gasteiger partial charge in [0, 0.05) is 0 Å². The zero-order valence-corrected chi connectivity index (χ0v) is 7.14. The minimum Gasteiger partial charge on any atom is -0.206 e. The summed E-state index contributed by atoms with van der Waals surface area (Å²) in [5, 5.41) is 2.68. The summed E-state index contributed by atoms with van der Waals surface area (Å²) in [5.74, 6) is -0.334. The van der Waals surface area contributed by atoms with Gasteiger partial charge in [0.2, 0.25) is 0 Å². The van der Waals surface area contributed by atoms with E-state index in [0.29, 0.717) is 10.0 Å². The predicted molar refractivity (Wildman–Crippen MR) is 43.6 cm³/mol. The van der Waals surface area contributed by atoms with Gasteiger partial charge in [-0.3, -0.25) is 0 Å². The molecule has 11 heavy (non-hydrogen) atoms. The highest BCUT2D eigenvalue weighted by atomic mass is 79.9. The van der Waals surface area contributed by atoms with Gasteiger partial charge in [-0.1, -0.05) is 11.2 Å². The van der Waals surface area contributed by atoms with Gasteiger partial charge >= 0.3 is 0 Å². The number of benzene rings is 1. The van der Waals surface area contributed by atoms with Crippen LogP contribution in [-0.2, 0) is 6.54 Å². The molecule has 0 saturated carbocycles. The van der Waals surface area contributed by atoms with Crippen LogP contribution in [0.25, 0.3) is 0 Å². The molecule has 0 atom stereocenters. The molecular weight excluding hydrogens is 213 g/mol. The number of nitrogens with zero attached hydrogens (tertiary/aromatic N) is 1. The van der Waals surface area contributed by atoms with Crippen LogP contribution in [0.15, 0.2) is 27.8 Å². The molecule has 0 N–H and O–H groups in total. The molecule has 0 aliphatic carbocycles. The lowest BCUT2D eigenvalue weighted by molar-refractivity contribution is 0.620. The van der Waals surface area contributed by atoms with Crippen molar-refractivity contribution in [2.75, 3.05) is 0 Å². The summed E-state index contributed by atoms with van der Waals surface area (Å²) in [6.45, 7) is 0.0822. The van der Waals surface area contributed by atoms with Gasteiger partial charge in [0.1, 0.15) is 12.4 Å². The lowest BCUT2D eigenvalue weighted by atomic mass is 10.2. The van der Waals surface area contributed by atoms with Crippen LogP contribution >= 0.6 is 15.9 Å². The topological polar surface area (TPSA) is 29.4 Å². The van der Waals surface area contributed by atoms with Crippen LogP contribution in [0.2, 0.25) is 0 Å². The van der Waals surface area contributed by atoms with E-state index in [0.717, 1.165) is 0 Å². The van der Waals surface area contributed by atoms with E-state index in [-0.39, 0.29) is 12.4 Å². The van der Waals surface area contributed by atoms with Crippen molar-refractivity contribution in [3.05, 3.63) is 39.0 Å². The van der Waals surface area contributed by atoms with Crippen molar-refractivity contribution < 1.29 is 4.39 Å². The number of hydrogen-bond donors (Lipinski definition) is 0. The van der Waals surface area contributed by atoms with Gasteiger partial charge in [0.15, 0.2) is 0 Å². The van der Waals surface area contributed by atoms with Gasteiger partial charge in [-0.25, -0.2) is 4.39 Å². The molecular formula is C7H5BrFNO. The Hall–Kier alpha value is -0.770. The molecule has 0 saturated heterocycles. The Morgan fingerprint density at radius 3 is 2.82 bits per heavy atom. The standard InChI is InChI=1S/C7H5BrFNO/c8-6-3-5(4-10-11)1-2-7(6)9/h1-3H,4H2. The van der Waals surface area contributed by atoms with Crippen LogP contribution < -0.4 is 0 Å². The smallest absolute Gasteiger partial charge is 0.137 e. The Bertz CT molecular complexity index is 277. The molecule has 0 fully saturated rings. The molecule has 0 radical (unpaired) electrons. The Balaban J connectivity index is 2.95. The van der Waals surface area contributed by atoms with Gasteiger partial charge in [-0.2, -0.15) is 4.91 Å². The summed E-state index contributed by atoms with van der Waals surface area (Å²) in [4.78, 5) is 9.81. The van der Waals surface area contributed by atoms with E-state index in [4.69, 9.17) is 0 Å². The van der Waals surface area contributed by atoms with Crippen LogP contribution in [-0.4, -0.2) is 0 Å². The summed E-state index contributed by atoms with van der Waals surface area (Å²) in [7, 11) is 0. The molecule has 0 aromatic heterocycles. The fourth-order valence-corrected chi connectivity index (χ4v) is 1.14. The first kappa shape index (κ1) is 8.33. The van der Waals surface area contributed by atoms with Crippen molar-refractivity contribution in [2.24, 2.45) is 5.18 Å². The number of nitroso groups, excluding NO2 is 1. The molecule has 2 nitrogen and oxygen atoms in total. The third kappa shape index (κ3) is 2.08. The van der Waals surface area contributed by atoms with Crippen LogP contribution in [0.4, 0.5) is 4.39 Å². The average Bonchev–Trinajstić information content (AvgIpc) is 1.98. The van der Waals surface area contributed by atoms with Gasteiger partial charge < -0.3 is 0 Å². The molecule has 0 unspecified atom stereocenters. The zero-order chi connectivity index (χ0) is 8.27. The largest absolute Gasteiger partial charge is 0.206 e. The summed E-state index contributed by atoms with van der Waals surface area (Å²) >= 11 is 3.00. The highest BCUT2D eigenvalue weighted by molar-refractivity contribution is 9.10. The van der Waals surface area contributed by atoms with Crippen LogP contribution in [0.1, 0.15) is 5.56 Å². The van der Waals surface area contributed by atoms with Crippen LogP contribution in [0.5, 0.6) is 0 Å². The Morgan fingerprint density at radius 2 is 2.27 bits per heavy atom. The molecule has 0 spiro atoms. The molecule has 1 rings (SSSR count). The lowest BCUT2D eigenvalue weighted by Crippen LogP contribution is -1.82. The fraction of sp³-hybridized carbons (Fsp3) is 0.143. The first-order chi connectivity index (χ1) is 5.24. The summed E-state index contributed by atoms with van der Waals surface area (Å²) < 4.78 is 12.9. The van der Waals surface area contributed by atoms with E-state index < -0.39 is 0 Å². The predicted octanol–water partition coefficient (Wildman–Crippen LogP) is 2.85. The molecule has 4 heteroatoms. The summed E-state index contributed by atoms with van der Waals surface area (Å²) in [5.41, 5.74) is 0.702. The monoisotopic (exact) mass is 217 g/mol. The van der Waals surface area contributed by atoms with Crippen LogP contribution in [0, 0.1) is 10.7 Å². The molecule has 1 aromatic rings. The molecule has 1 aromatic carbocycles. The Labute approximate surface area is 71.5 Å². The second-order valence-electron chi connectivity index (χ2n) is 2.04. The van der Waals surface area contributed by atoms with Gasteiger partial charge in [-0.05, 0) is 33.6 Å². The van der Waals surface area contributed by atoms with Crippen molar-refractivity contribution in [1.29, 1.82) is 0 Å². The van der Waals surface area contributed by atoms with Crippen molar-refractivity contribution in [2.45, 2.75) is 6.54 Å². The van der Waals surface area contributed by atoms with Gasteiger partial charge in [0.05, 0.1) is 4.47 Å². The fourth-order valence-electron chi connectivity index (χ4n) is 0.713. The minimum absolute atomic E-state index is 0.0822. The average molecular weight is 218 g/mol. The number of rotatable bonds is 2. The molecule has 0 bridgehead atoms. The second kappa shape index (κ2) is 3.57. The molecule has 0 aliphatic heterocycles. The van der Waals surface area contributed by atoms with E-state index in [1.54, 1.807) is 0 Å². The summed E-state index contributed by atoms with van der Waals surface area (Å²) in [6.07, 6.45) is 0. The first-order valence-corrected chi connectivity index (χ1v) is 3.76. The van der Waals surface area contributed by atoms with Crippen LogP contribution in [0.3, 0.4) is 0 Å². The van der Waals surface area contributed by atoms with Crippen molar-refractivity contribution >= 4 is 15.9 Å². The van der Waals surface area contributed by atoms with E-state index in [9.17, 15) is 9.30 Å². The van der Waals surface area contributed by atoms with Gasteiger partial charge in [-0.15, -0.1) is 0 Å². The lowest BCUT2D eigenvalue weighted by Gasteiger charge is -1.96. The quantitative estimate of drug-likeness (QED) is 0.701. The molecule has 0 aliphatic rings. The normalized spacial score (nSPS) is 9.64. The number of halogens is 2. The zero-order valence-electron chi connectivity index (χ0n) is 5.55. The first-order valence-electron chi connectivity index (χ1n) is 2.97. The molecule has 0 amide bonds. The van der Waals surface area contributed by atoms with E-state index in [2.05, 4.69) is 21.1 Å². The third-order valence-corrected chi connectivity index (χ3v) is 1.84. The Kier molecular flexibility index (Phi) is 2.70. The summed E-state index contributed by atoms with van der Waals surface area (Å²) in [6, 6.07) is 4.36.